The second kappa shape index (κ2) is 6.38. The van der Waals surface area contributed by atoms with Crippen LogP contribution in [-0.4, -0.2) is 49.8 Å². The van der Waals surface area contributed by atoms with E-state index in [1.165, 1.54) is 25.7 Å². The van der Waals surface area contributed by atoms with Crippen LogP contribution in [0.5, 0.6) is 0 Å². The Hall–Kier alpha value is -0.120. The van der Waals surface area contributed by atoms with Crippen LogP contribution in [0.3, 0.4) is 0 Å². The van der Waals surface area contributed by atoms with E-state index in [0.29, 0.717) is 6.04 Å². The van der Waals surface area contributed by atoms with Crippen molar-refractivity contribution in [3.8, 4) is 0 Å². The molecule has 1 aliphatic rings. The van der Waals surface area contributed by atoms with Crippen LogP contribution in [-0.2, 0) is 0 Å². The maximum atomic E-state index is 8.83. The lowest BCUT2D eigenvalue weighted by molar-refractivity contribution is 0.166. The van der Waals surface area contributed by atoms with Crippen molar-refractivity contribution in [2.75, 3.05) is 33.8 Å². The molecule has 0 saturated heterocycles. The summed E-state index contributed by atoms with van der Waals surface area (Å²) in [4.78, 5) is 2.24. The van der Waals surface area contributed by atoms with Crippen molar-refractivity contribution in [1.29, 1.82) is 0 Å². The maximum absolute atomic E-state index is 8.83. The van der Waals surface area contributed by atoms with Gasteiger partial charge in [-0.15, -0.1) is 0 Å². The number of hydrogen-bond acceptors (Lipinski definition) is 3. The molecule has 14 heavy (non-hydrogen) atoms. The quantitative estimate of drug-likeness (QED) is 0.685. The Morgan fingerprint density at radius 1 is 1.36 bits per heavy atom. The summed E-state index contributed by atoms with van der Waals surface area (Å²) in [5.41, 5.74) is 0. The van der Waals surface area contributed by atoms with Gasteiger partial charge >= 0.3 is 0 Å². The van der Waals surface area contributed by atoms with Crippen LogP contribution in [0.25, 0.3) is 0 Å². The summed E-state index contributed by atoms with van der Waals surface area (Å²) < 4.78 is 0. The summed E-state index contributed by atoms with van der Waals surface area (Å²) in [5, 5.41) is 12.2. The predicted molar refractivity (Wildman–Crippen MR) is 59.4 cm³/mol. The van der Waals surface area contributed by atoms with Crippen LogP contribution < -0.4 is 5.32 Å². The first-order chi connectivity index (χ1) is 6.77. The molecule has 0 radical (unpaired) electrons. The zero-order valence-electron chi connectivity index (χ0n) is 9.50. The average Bonchev–Trinajstić information content (AvgIpc) is 2.19. The van der Waals surface area contributed by atoms with Crippen molar-refractivity contribution in [2.45, 2.75) is 31.7 Å². The first-order valence-electron chi connectivity index (χ1n) is 5.74. The number of nitrogens with one attached hydrogen (secondary N) is 1. The zero-order chi connectivity index (χ0) is 10.4. The van der Waals surface area contributed by atoms with Crippen molar-refractivity contribution in [2.24, 2.45) is 5.92 Å². The molecule has 0 amide bonds. The maximum Gasteiger partial charge on any atom is 0.0558 e. The van der Waals surface area contributed by atoms with E-state index in [1.54, 1.807) is 0 Å². The fourth-order valence-electron chi connectivity index (χ4n) is 2.47. The largest absolute Gasteiger partial charge is 0.395 e. The Balaban J connectivity index is 2.32. The first-order valence-corrected chi connectivity index (χ1v) is 5.74. The van der Waals surface area contributed by atoms with Gasteiger partial charge in [0, 0.05) is 19.1 Å². The smallest absolute Gasteiger partial charge is 0.0558 e. The zero-order valence-corrected chi connectivity index (χ0v) is 9.50. The van der Waals surface area contributed by atoms with Crippen molar-refractivity contribution in [3.05, 3.63) is 0 Å². The van der Waals surface area contributed by atoms with Crippen LogP contribution in [0.2, 0.25) is 0 Å². The Bertz CT molecular complexity index is 152. The number of aliphatic hydroxyl groups excluding tert-OH is 1. The van der Waals surface area contributed by atoms with Gasteiger partial charge in [-0.25, -0.2) is 0 Å². The molecule has 0 aromatic rings. The topological polar surface area (TPSA) is 35.5 Å². The molecule has 2 unspecified atom stereocenters. The molecule has 3 heteroatoms. The Morgan fingerprint density at radius 3 is 2.71 bits per heavy atom. The van der Waals surface area contributed by atoms with E-state index in [2.05, 4.69) is 24.3 Å². The highest BCUT2D eigenvalue weighted by Crippen LogP contribution is 2.24. The number of rotatable bonds is 5. The van der Waals surface area contributed by atoms with E-state index in [0.717, 1.165) is 19.0 Å². The van der Waals surface area contributed by atoms with Gasteiger partial charge in [0.25, 0.3) is 0 Å². The van der Waals surface area contributed by atoms with Gasteiger partial charge in [-0.2, -0.15) is 0 Å². The van der Waals surface area contributed by atoms with Gasteiger partial charge in [-0.3, -0.25) is 0 Å². The highest BCUT2D eigenvalue weighted by atomic mass is 16.3. The standard InChI is InChI=1S/C11H24N2O/c1-12-11-6-4-3-5-10(11)9-13(2)7-8-14/h10-12,14H,3-9H2,1-2H3. The van der Waals surface area contributed by atoms with Gasteiger partial charge in [-0.05, 0) is 32.9 Å². The first kappa shape index (κ1) is 12.0. The Kier molecular flexibility index (Phi) is 5.45. The second-order valence-corrected chi connectivity index (χ2v) is 4.43. The van der Waals surface area contributed by atoms with Gasteiger partial charge in [0.1, 0.15) is 0 Å². The molecule has 2 N–H and O–H groups in total. The fraction of sp³-hybridized carbons (Fsp3) is 1.00. The minimum absolute atomic E-state index is 0.271. The van der Waals surface area contributed by atoms with E-state index in [9.17, 15) is 0 Å². The summed E-state index contributed by atoms with van der Waals surface area (Å²) in [6, 6.07) is 0.685. The molecule has 84 valence electrons. The third-order valence-electron chi connectivity index (χ3n) is 3.31. The minimum atomic E-state index is 0.271. The summed E-state index contributed by atoms with van der Waals surface area (Å²) in [6.07, 6.45) is 5.39. The van der Waals surface area contributed by atoms with E-state index < -0.39 is 0 Å². The average molecular weight is 200 g/mol. The molecule has 0 spiro atoms. The molecule has 1 rings (SSSR count). The summed E-state index contributed by atoms with van der Waals surface area (Å²) in [5.74, 6) is 0.769. The Labute approximate surface area is 87.5 Å². The second-order valence-electron chi connectivity index (χ2n) is 4.43. The molecule has 1 saturated carbocycles. The molecule has 0 aliphatic heterocycles. The third-order valence-corrected chi connectivity index (χ3v) is 3.31. The van der Waals surface area contributed by atoms with Crippen molar-refractivity contribution < 1.29 is 5.11 Å². The van der Waals surface area contributed by atoms with Crippen molar-refractivity contribution in [1.82, 2.24) is 10.2 Å². The SMILES string of the molecule is CNC1CCCCC1CN(C)CCO. The summed E-state index contributed by atoms with van der Waals surface area (Å²) in [6.45, 7) is 2.19. The van der Waals surface area contributed by atoms with Gasteiger partial charge < -0.3 is 15.3 Å². The fourth-order valence-corrected chi connectivity index (χ4v) is 2.47. The van der Waals surface area contributed by atoms with Gasteiger partial charge in [0.2, 0.25) is 0 Å². The third kappa shape index (κ3) is 3.56. The molecule has 3 nitrogen and oxygen atoms in total. The van der Waals surface area contributed by atoms with Gasteiger partial charge in [0.15, 0.2) is 0 Å². The van der Waals surface area contributed by atoms with Gasteiger partial charge in [-0.1, -0.05) is 12.8 Å². The predicted octanol–water partition coefficient (Wildman–Crippen LogP) is 0.689. The van der Waals surface area contributed by atoms with Crippen LogP contribution in [0, 0.1) is 5.92 Å². The molecule has 0 aromatic heterocycles. The van der Waals surface area contributed by atoms with Crippen LogP contribution in [0.15, 0.2) is 0 Å². The molecule has 0 aromatic carbocycles. The summed E-state index contributed by atoms with van der Waals surface area (Å²) >= 11 is 0. The normalized spacial score (nSPS) is 28.3. The molecule has 0 bridgehead atoms. The van der Waals surface area contributed by atoms with Crippen LogP contribution in [0.1, 0.15) is 25.7 Å². The van der Waals surface area contributed by atoms with E-state index in [1.807, 2.05) is 0 Å². The molecule has 1 aliphatic carbocycles. The van der Waals surface area contributed by atoms with Crippen molar-refractivity contribution in [3.63, 3.8) is 0 Å². The van der Waals surface area contributed by atoms with E-state index in [-0.39, 0.29) is 6.61 Å². The molecular formula is C11H24N2O. The minimum Gasteiger partial charge on any atom is -0.395 e. The molecule has 0 heterocycles. The van der Waals surface area contributed by atoms with Crippen molar-refractivity contribution >= 4 is 0 Å². The number of nitrogens with zero attached hydrogens (tertiary/aromatic N) is 1. The monoisotopic (exact) mass is 200 g/mol. The lowest BCUT2D eigenvalue weighted by Gasteiger charge is -2.34. The van der Waals surface area contributed by atoms with E-state index in [4.69, 9.17) is 5.11 Å². The van der Waals surface area contributed by atoms with Crippen LogP contribution in [0.4, 0.5) is 0 Å². The number of likely N-dealkylation sites (N-methyl/N-ethyl adjacent to an activating group) is 1. The summed E-state index contributed by atoms with van der Waals surface area (Å²) in [7, 11) is 4.16. The number of aliphatic hydroxyl groups is 1. The molecule has 1 fully saturated rings. The molecular weight excluding hydrogens is 176 g/mol. The molecule has 2 atom stereocenters. The highest BCUT2D eigenvalue weighted by Gasteiger charge is 2.24. The lowest BCUT2D eigenvalue weighted by Crippen LogP contribution is -2.42. The Morgan fingerprint density at radius 2 is 2.07 bits per heavy atom. The van der Waals surface area contributed by atoms with Crippen LogP contribution >= 0.6 is 0 Å². The lowest BCUT2D eigenvalue weighted by atomic mass is 9.84. The highest BCUT2D eigenvalue weighted by molar-refractivity contribution is 4.81. The van der Waals surface area contributed by atoms with Gasteiger partial charge in [0.05, 0.1) is 6.61 Å². The van der Waals surface area contributed by atoms with E-state index >= 15 is 0 Å². The number of hydrogen-bond donors (Lipinski definition) is 2.